The molecular formula is C42H57N3O9S. The van der Waals surface area contributed by atoms with E-state index < -0.39 is 56.2 Å². The Morgan fingerprint density at radius 1 is 1.07 bits per heavy atom. The van der Waals surface area contributed by atoms with Crippen LogP contribution in [-0.2, 0) is 33.9 Å². The lowest BCUT2D eigenvalue weighted by molar-refractivity contribution is -0.160. The number of nitrogens with zero attached hydrogens (tertiary/aromatic N) is 2. The van der Waals surface area contributed by atoms with Crippen molar-refractivity contribution in [1.82, 2.24) is 14.6 Å². The van der Waals surface area contributed by atoms with Gasteiger partial charge in [0.25, 0.3) is 0 Å². The van der Waals surface area contributed by atoms with E-state index in [1.54, 1.807) is 31.9 Å². The molecule has 7 atom stereocenters. The van der Waals surface area contributed by atoms with Gasteiger partial charge in [0.15, 0.2) is 5.78 Å². The van der Waals surface area contributed by atoms with E-state index >= 15 is 0 Å². The van der Waals surface area contributed by atoms with E-state index in [2.05, 4.69) is 16.6 Å². The van der Waals surface area contributed by atoms with Crippen molar-refractivity contribution >= 4 is 44.4 Å². The van der Waals surface area contributed by atoms with Gasteiger partial charge in [0.05, 0.1) is 42.2 Å². The van der Waals surface area contributed by atoms with Crippen LogP contribution >= 0.6 is 0 Å². The summed E-state index contributed by atoms with van der Waals surface area (Å²) >= 11 is 0. The number of nitrogens with one attached hydrogen (secondary N) is 1. The fourth-order valence-corrected chi connectivity index (χ4v) is 9.83. The summed E-state index contributed by atoms with van der Waals surface area (Å²) in [5, 5.41) is 1.01. The second-order valence-corrected chi connectivity index (χ2v) is 19.1. The Balaban J connectivity index is 1.35. The molecule has 0 unspecified atom stereocenters. The normalized spacial score (nSPS) is 29.7. The number of rotatable bonds is 10. The Hall–Kier alpha value is -4.00. The topological polar surface area (TPSA) is 158 Å². The predicted octanol–water partition coefficient (Wildman–Crippen LogP) is 6.31. The van der Waals surface area contributed by atoms with Crippen molar-refractivity contribution in [3.8, 4) is 11.6 Å². The van der Waals surface area contributed by atoms with Gasteiger partial charge in [-0.25, -0.2) is 13.4 Å². The van der Waals surface area contributed by atoms with E-state index in [0.717, 1.165) is 23.6 Å². The van der Waals surface area contributed by atoms with Crippen molar-refractivity contribution in [3.63, 3.8) is 0 Å². The molecule has 12 nitrogen and oxygen atoms in total. The van der Waals surface area contributed by atoms with E-state index in [1.807, 2.05) is 50.3 Å². The molecule has 2 aliphatic heterocycles. The first-order valence-corrected chi connectivity index (χ1v) is 21.5. The van der Waals surface area contributed by atoms with Crippen molar-refractivity contribution in [2.75, 3.05) is 13.2 Å². The van der Waals surface area contributed by atoms with Crippen LogP contribution < -0.4 is 14.2 Å². The molecule has 1 aromatic carbocycles. The molecule has 0 spiro atoms. The molecule has 300 valence electrons. The van der Waals surface area contributed by atoms with Gasteiger partial charge in [-0.2, -0.15) is 0 Å². The van der Waals surface area contributed by atoms with Gasteiger partial charge in [-0.15, -0.1) is 0 Å². The Labute approximate surface area is 325 Å². The van der Waals surface area contributed by atoms with E-state index in [-0.39, 0.29) is 55.3 Å². The molecule has 1 saturated heterocycles. The summed E-state index contributed by atoms with van der Waals surface area (Å²) in [4.78, 5) is 63.0. The standard InChI is InChI=1S/C42H57N3O9S/c1-7-27-19-26(3)11-9-10-12-29-23-42(29,40(49)44-55(50,51)32-14-15-32)24-36(46)35-21-31(25-45(35)39(48)34(27)22-37(47)54-41(4,5)6)53-38-33-16-13-30(52-8-2)20-28(33)17-18-43-38/h10,12-13,16-18,20,26-27,29,31-32,34-35H,7-9,11,14-15,19,21-25H2,1-6H3,(H,44,49)/b12-10-/t26-,27-,29-,31-,34+,35+,42-/m1/s1. The molecule has 3 heterocycles. The minimum atomic E-state index is -3.85. The Bertz CT molecular complexity index is 1920. The maximum absolute atomic E-state index is 15.0. The van der Waals surface area contributed by atoms with E-state index in [9.17, 15) is 27.6 Å². The van der Waals surface area contributed by atoms with Crippen molar-refractivity contribution in [1.29, 1.82) is 0 Å². The number of benzene rings is 1. The number of aromatic nitrogens is 1. The fraction of sp³-hybridized carbons (Fsp3) is 0.643. The van der Waals surface area contributed by atoms with Crippen LogP contribution in [-0.4, -0.2) is 78.0 Å². The number of carbonyl (C=O) groups is 4. The Kier molecular flexibility index (Phi) is 12.0. The third-order valence-electron chi connectivity index (χ3n) is 11.6. The lowest BCUT2D eigenvalue weighted by Gasteiger charge is -2.33. The predicted molar refractivity (Wildman–Crippen MR) is 208 cm³/mol. The van der Waals surface area contributed by atoms with Crippen LogP contribution in [0.4, 0.5) is 0 Å². The monoisotopic (exact) mass is 779 g/mol. The molecular weight excluding hydrogens is 723 g/mol. The minimum absolute atomic E-state index is 0.0692. The molecule has 2 aromatic rings. The average Bonchev–Trinajstić information content (AvgIpc) is 4.04. The van der Waals surface area contributed by atoms with Crippen molar-refractivity contribution < 1.29 is 41.8 Å². The number of Topliss-reactive ketones (excluding diaryl/α,β-unsaturated/α-hetero) is 1. The van der Waals surface area contributed by atoms with Crippen LogP contribution in [0.1, 0.15) is 106 Å². The number of ketones is 1. The number of carbonyl (C=O) groups excluding carboxylic acids is 4. The summed E-state index contributed by atoms with van der Waals surface area (Å²) in [6.07, 6.45) is 9.02. The number of pyridine rings is 1. The second-order valence-electron chi connectivity index (χ2n) is 17.1. The van der Waals surface area contributed by atoms with Crippen LogP contribution in [0.25, 0.3) is 10.8 Å². The van der Waals surface area contributed by atoms with Crippen LogP contribution in [0.3, 0.4) is 0 Å². The zero-order valence-corrected chi connectivity index (χ0v) is 33.9. The smallest absolute Gasteiger partial charge is 0.307 e. The third-order valence-corrected chi connectivity index (χ3v) is 13.4. The van der Waals surface area contributed by atoms with Crippen LogP contribution in [0.2, 0.25) is 0 Å². The van der Waals surface area contributed by atoms with Gasteiger partial charge in [0.1, 0.15) is 17.5 Å². The molecule has 0 bridgehead atoms. The molecule has 2 aliphatic carbocycles. The maximum atomic E-state index is 15.0. The maximum Gasteiger partial charge on any atom is 0.307 e. The molecule has 13 heteroatoms. The highest BCUT2D eigenvalue weighted by Gasteiger charge is 2.61. The van der Waals surface area contributed by atoms with E-state index in [0.29, 0.717) is 50.3 Å². The molecule has 1 N–H and O–H groups in total. The molecule has 0 radical (unpaired) electrons. The number of fused-ring (bicyclic) bond motifs is 3. The average molecular weight is 780 g/mol. The summed E-state index contributed by atoms with van der Waals surface area (Å²) in [6, 6.07) is 6.51. The quantitative estimate of drug-likeness (QED) is 0.214. The number of ether oxygens (including phenoxy) is 3. The van der Waals surface area contributed by atoms with Gasteiger partial charge < -0.3 is 19.1 Å². The highest BCUT2D eigenvalue weighted by Crippen LogP contribution is 2.57. The lowest BCUT2D eigenvalue weighted by Crippen LogP contribution is -2.48. The first-order valence-electron chi connectivity index (χ1n) is 20.0. The highest BCUT2D eigenvalue weighted by molar-refractivity contribution is 7.90. The van der Waals surface area contributed by atoms with E-state index in [4.69, 9.17) is 14.2 Å². The summed E-state index contributed by atoms with van der Waals surface area (Å²) in [7, 11) is -3.85. The molecule has 55 heavy (non-hydrogen) atoms. The Morgan fingerprint density at radius 2 is 1.84 bits per heavy atom. The van der Waals surface area contributed by atoms with Gasteiger partial charge in [-0.1, -0.05) is 32.4 Å². The molecule has 2 amide bonds. The largest absolute Gasteiger partial charge is 0.494 e. The molecule has 1 aromatic heterocycles. The highest BCUT2D eigenvalue weighted by atomic mass is 32.2. The van der Waals surface area contributed by atoms with Crippen LogP contribution in [0.5, 0.6) is 11.6 Å². The summed E-state index contributed by atoms with van der Waals surface area (Å²) in [6.45, 7) is 12.0. The number of esters is 1. The lowest BCUT2D eigenvalue weighted by atomic mass is 9.79. The van der Waals surface area contributed by atoms with Crippen LogP contribution in [0.15, 0.2) is 42.6 Å². The first kappa shape index (κ1) is 40.7. The Morgan fingerprint density at radius 3 is 2.53 bits per heavy atom. The minimum Gasteiger partial charge on any atom is -0.494 e. The van der Waals surface area contributed by atoms with Crippen molar-refractivity contribution in [2.24, 2.45) is 29.1 Å². The van der Waals surface area contributed by atoms with Gasteiger partial charge >= 0.3 is 5.97 Å². The molecule has 6 rings (SSSR count). The third kappa shape index (κ3) is 9.52. The first-order chi connectivity index (χ1) is 26.0. The number of sulfonamides is 1. The van der Waals surface area contributed by atoms with E-state index in [1.165, 1.54) is 0 Å². The van der Waals surface area contributed by atoms with Gasteiger partial charge in [0.2, 0.25) is 27.7 Å². The SMILES string of the molecule is CCOc1ccc2c(O[C@@H]3C[C@H]4C(=O)C[C@]5(C(=O)NS(=O)(=O)C6CC6)C[C@H]5/C=C\CC[C@@H](C)C[C@@H](CC)[C@H](CC(=O)OC(C)(C)C)C(=O)N4C3)nccc2c1. The van der Waals surface area contributed by atoms with Gasteiger partial charge in [0, 0.05) is 24.4 Å². The zero-order valence-electron chi connectivity index (χ0n) is 33.0. The number of hydrogen-bond donors (Lipinski definition) is 1. The number of hydrogen-bond acceptors (Lipinski definition) is 10. The molecule has 4 aliphatic rings. The molecule has 2 saturated carbocycles. The number of amides is 2. The van der Waals surface area contributed by atoms with Crippen molar-refractivity contribution in [3.05, 3.63) is 42.6 Å². The summed E-state index contributed by atoms with van der Waals surface area (Å²) < 4.78 is 46.1. The van der Waals surface area contributed by atoms with Crippen LogP contribution in [0, 0.1) is 29.1 Å². The van der Waals surface area contributed by atoms with Gasteiger partial charge in [-0.3, -0.25) is 23.9 Å². The fourth-order valence-electron chi connectivity index (χ4n) is 8.44. The second kappa shape index (κ2) is 16.2. The number of allylic oxidation sites excluding steroid dienone is 2. The zero-order chi connectivity index (χ0) is 39.7. The van der Waals surface area contributed by atoms with Gasteiger partial charge in [-0.05, 0) is 114 Å². The summed E-state index contributed by atoms with van der Waals surface area (Å²) in [5.41, 5.74) is -1.99. The molecule has 3 fully saturated rings. The van der Waals surface area contributed by atoms with Crippen molar-refractivity contribution in [2.45, 2.75) is 129 Å². The summed E-state index contributed by atoms with van der Waals surface area (Å²) in [5.74, 6) is -1.74.